The first-order chi connectivity index (χ1) is 8.83. The summed E-state index contributed by atoms with van der Waals surface area (Å²) in [6, 6.07) is 9.14. The van der Waals surface area contributed by atoms with Crippen molar-refractivity contribution in [2.24, 2.45) is 0 Å². The Kier molecular flexibility index (Phi) is 3.11. The quantitative estimate of drug-likeness (QED) is 0.894. The topological polar surface area (TPSA) is 51.0 Å². The van der Waals surface area contributed by atoms with E-state index in [2.05, 4.69) is 39.7 Å². The summed E-state index contributed by atoms with van der Waals surface area (Å²) < 4.78 is 5.10. The Bertz CT molecular complexity index is 535. The molecule has 1 unspecified atom stereocenters. The van der Waals surface area contributed by atoms with Gasteiger partial charge in [-0.2, -0.15) is 4.98 Å². The fourth-order valence-corrected chi connectivity index (χ4v) is 2.56. The summed E-state index contributed by atoms with van der Waals surface area (Å²) in [6.07, 6.45) is 3.15. The summed E-state index contributed by atoms with van der Waals surface area (Å²) in [5, 5.41) is 7.36. The predicted molar refractivity (Wildman–Crippen MR) is 68.2 cm³/mol. The second-order valence-electron chi connectivity index (χ2n) is 4.73. The summed E-state index contributed by atoms with van der Waals surface area (Å²) in [7, 11) is 0. The first-order valence-electron chi connectivity index (χ1n) is 6.43. The lowest BCUT2D eigenvalue weighted by atomic mass is 10.1. The summed E-state index contributed by atoms with van der Waals surface area (Å²) in [4.78, 5) is 4.20. The molecule has 94 valence electrons. The molecular formula is C14H17N3O. The van der Waals surface area contributed by atoms with Crippen LogP contribution in [0.4, 0.5) is 0 Å². The summed E-state index contributed by atoms with van der Waals surface area (Å²) in [5.74, 6) is 1.42. The van der Waals surface area contributed by atoms with Gasteiger partial charge in [0, 0.05) is 19.0 Å². The molecule has 0 fully saturated rings. The third-order valence-electron chi connectivity index (χ3n) is 3.43. The van der Waals surface area contributed by atoms with Crippen LogP contribution in [-0.4, -0.2) is 16.7 Å². The molecule has 0 saturated heterocycles. The maximum atomic E-state index is 5.10. The number of rotatable bonds is 4. The highest BCUT2D eigenvalue weighted by Crippen LogP contribution is 2.30. The highest BCUT2D eigenvalue weighted by atomic mass is 16.5. The van der Waals surface area contributed by atoms with Crippen molar-refractivity contribution in [2.45, 2.75) is 32.2 Å². The number of nitrogens with one attached hydrogen (secondary N) is 1. The fourth-order valence-electron chi connectivity index (χ4n) is 2.56. The van der Waals surface area contributed by atoms with Gasteiger partial charge in [-0.15, -0.1) is 0 Å². The lowest BCUT2D eigenvalue weighted by molar-refractivity contribution is 0.369. The van der Waals surface area contributed by atoms with Crippen LogP contribution in [0.2, 0.25) is 0 Å². The molecule has 1 heterocycles. The van der Waals surface area contributed by atoms with Crippen LogP contribution in [0.3, 0.4) is 0 Å². The van der Waals surface area contributed by atoms with Gasteiger partial charge < -0.3 is 9.84 Å². The van der Waals surface area contributed by atoms with Crippen molar-refractivity contribution in [1.82, 2.24) is 15.5 Å². The number of hydrogen-bond acceptors (Lipinski definition) is 4. The van der Waals surface area contributed by atoms with Gasteiger partial charge in [0.25, 0.3) is 0 Å². The number of fused-ring (bicyclic) bond motifs is 1. The minimum atomic E-state index is 0.477. The van der Waals surface area contributed by atoms with Crippen LogP contribution in [-0.2, 0) is 12.8 Å². The maximum absolute atomic E-state index is 5.10. The van der Waals surface area contributed by atoms with Crippen LogP contribution in [0.5, 0.6) is 0 Å². The Hall–Kier alpha value is -1.68. The van der Waals surface area contributed by atoms with Gasteiger partial charge in [0.15, 0.2) is 5.82 Å². The highest BCUT2D eigenvalue weighted by molar-refractivity contribution is 5.34. The molecule has 0 aliphatic heterocycles. The smallest absolute Gasteiger partial charge is 0.227 e. The van der Waals surface area contributed by atoms with Crippen molar-refractivity contribution in [1.29, 1.82) is 0 Å². The van der Waals surface area contributed by atoms with E-state index in [1.165, 1.54) is 24.0 Å². The van der Waals surface area contributed by atoms with E-state index >= 15 is 0 Å². The van der Waals surface area contributed by atoms with E-state index in [1.54, 1.807) is 0 Å². The number of aryl methyl sites for hydroxylation is 2. The van der Waals surface area contributed by atoms with Crippen LogP contribution in [0, 0.1) is 6.92 Å². The van der Waals surface area contributed by atoms with Gasteiger partial charge in [0.05, 0.1) is 0 Å². The Morgan fingerprint density at radius 2 is 2.28 bits per heavy atom. The van der Waals surface area contributed by atoms with E-state index in [1.807, 2.05) is 6.92 Å². The molecule has 1 atom stereocenters. The molecule has 0 radical (unpaired) electrons. The summed E-state index contributed by atoms with van der Waals surface area (Å²) in [5.41, 5.74) is 2.92. The Labute approximate surface area is 106 Å². The summed E-state index contributed by atoms with van der Waals surface area (Å²) >= 11 is 0. The van der Waals surface area contributed by atoms with Crippen LogP contribution < -0.4 is 5.32 Å². The minimum absolute atomic E-state index is 0.477. The number of nitrogens with zero attached hydrogens (tertiary/aromatic N) is 2. The lowest BCUT2D eigenvalue weighted by Gasteiger charge is -2.12. The van der Waals surface area contributed by atoms with Crippen molar-refractivity contribution in [3.8, 4) is 0 Å². The Morgan fingerprint density at radius 3 is 3.11 bits per heavy atom. The average Bonchev–Trinajstić information content (AvgIpc) is 2.97. The van der Waals surface area contributed by atoms with E-state index in [0.717, 1.165) is 13.0 Å². The van der Waals surface area contributed by atoms with Gasteiger partial charge in [0.1, 0.15) is 0 Å². The van der Waals surface area contributed by atoms with E-state index in [4.69, 9.17) is 4.52 Å². The Balaban J connectivity index is 1.56. The molecule has 1 N–H and O–H groups in total. The van der Waals surface area contributed by atoms with E-state index in [-0.39, 0.29) is 0 Å². The van der Waals surface area contributed by atoms with Gasteiger partial charge >= 0.3 is 0 Å². The molecule has 3 rings (SSSR count). The molecule has 1 aromatic carbocycles. The van der Waals surface area contributed by atoms with Crippen molar-refractivity contribution >= 4 is 0 Å². The van der Waals surface area contributed by atoms with Crippen LogP contribution >= 0.6 is 0 Å². The van der Waals surface area contributed by atoms with Crippen molar-refractivity contribution in [3.63, 3.8) is 0 Å². The molecule has 4 nitrogen and oxygen atoms in total. The molecule has 0 bridgehead atoms. The van der Waals surface area contributed by atoms with Gasteiger partial charge in [0.2, 0.25) is 5.89 Å². The first-order valence-corrected chi connectivity index (χ1v) is 6.43. The largest absolute Gasteiger partial charge is 0.339 e. The number of hydrogen-bond donors (Lipinski definition) is 1. The van der Waals surface area contributed by atoms with Crippen molar-refractivity contribution in [3.05, 3.63) is 47.1 Å². The molecule has 4 heteroatoms. The fraction of sp³-hybridized carbons (Fsp3) is 0.429. The predicted octanol–water partition coefficient (Wildman–Crippen LogP) is 2.20. The normalized spacial score (nSPS) is 17.9. The van der Waals surface area contributed by atoms with Crippen molar-refractivity contribution < 1.29 is 4.52 Å². The molecule has 0 saturated carbocycles. The third-order valence-corrected chi connectivity index (χ3v) is 3.43. The molecule has 1 aliphatic rings. The van der Waals surface area contributed by atoms with Crippen LogP contribution in [0.25, 0.3) is 0 Å². The van der Waals surface area contributed by atoms with E-state index < -0.39 is 0 Å². The highest BCUT2D eigenvalue weighted by Gasteiger charge is 2.20. The SMILES string of the molecule is Cc1noc(CCNC2CCc3ccccc32)n1. The van der Waals surface area contributed by atoms with E-state index in [0.29, 0.717) is 17.8 Å². The lowest BCUT2D eigenvalue weighted by Crippen LogP contribution is -2.21. The third kappa shape index (κ3) is 2.29. The molecule has 2 aromatic rings. The van der Waals surface area contributed by atoms with Gasteiger partial charge in [-0.3, -0.25) is 0 Å². The molecule has 1 aliphatic carbocycles. The molecule has 18 heavy (non-hydrogen) atoms. The monoisotopic (exact) mass is 243 g/mol. The maximum Gasteiger partial charge on any atom is 0.227 e. The van der Waals surface area contributed by atoms with Gasteiger partial charge in [-0.25, -0.2) is 0 Å². The number of aromatic nitrogens is 2. The Morgan fingerprint density at radius 1 is 1.39 bits per heavy atom. The van der Waals surface area contributed by atoms with Gasteiger partial charge in [-0.05, 0) is 30.9 Å². The first kappa shape index (κ1) is 11.4. The summed E-state index contributed by atoms with van der Waals surface area (Å²) in [6.45, 7) is 2.72. The zero-order chi connectivity index (χ0) is 12.4. The molecule has 0 spiro atoms. The van der Waals surface area contributed by atoms with Crippen LogP contribution in [0.15, 0.2) is 28.8 Å². The minimum Gasteiger partial charge on any atom is -0.339 e. The average molecular weight is 243 g/mol. The standard InChI is InChI=1S/C14H17N3O/c1-10-16-14(18-17-10)8-9-15-13-7-6-11-4-2-3-5-12(11)13/h2-5,13,15H,6-9H2,1H3. The number of benzene rings is 1. The van der Waals surface area contributed by atoms with Crippen molar-refractivity contribution in [2.75, 3.05) is 6.54 Å². The zero-order valence-corrected chi connectivity index (χ0v) is 10.5. The molecule has 0 amide bonds. The molecular weight excluding hydrogens is 226 g/mol. The van der Waals surface area contributed by atoms with Gasteiger partial charge in [-0.1, -0.05) is 29.4 Å². The van der Waals surface area contributed by atoms with Crippen LogP contribution in [0.1, 0.15) is 35.3 Å². The second-order valence-corrected chi connectivity index (χ2v) is 4.73. The molecule has 1 aromatic heterocycles. The second kappa shape index (κ2) is 4.90. The van der Waals surface area contributed by atoms with E-state index in [9.17, 15) is 0 Å². The zero-order valence-electron chi connectivity index (χ0n) is 10.5.